The maximum Gasteiger partial charge on any atom is 0.401 e. The molecule has 1 amide bonds. The number of amides is 1. The molecule has 0 spiro atoms. The summed E-state index contributed by atoms with van der Waals surface area (Å²) in [6, 6.07) is 5.61. The van der Waals surface area contributed by atoms with E-state index >= 15 is 0 Å². The Labute approximate surface area is 128 Å². The molecule has 1 aliphatic heterocycles. The van der Waals surface area contributed by atoms with E-state index < -0.39 is 12.7 Å². The number of likely N-dealkylation sites (tertiary alicyclic amines) is 1. The number of alkyl halides is 3. The van der Waals surface area contributed by atoms with Crippen molar-refractivity contribution in [2.24, 2.45) is 5.92 Å². The van der Waals surface area contributed by atoms with Gasteiger partial charge in [-0.1, -0.05) is 17.2 Å². The number of aryl methyl sites for hydroxylation is 2. The smallest absolute Gasteiger partial charge is 0.352 e. The molecule has 1 atom stereocenters. The molecule has 122 valence electrons. The van der Waals surface area contributed by atoms with E-state index in [0.717, 1.165) is 11.1 Å². The molecule has 1 N–H and O–H groups in total. The SMILES string of the molecule is Cc1cc(C)cc(C(=O)NC[C@@H]2CCN(CC(F)(F)F)C2)c1. The third-order valence-electron chi connectivity index (χ3n) is 3.81. The van der Waals surface area contributed by atoms with Crippen LogP contribution in [0.5, 0.6) is 0 Å². The molecular formula is C16H21F3N2O. The summed E-state index contributed by atoms with van der Waals surface area (Å²) in [6.07, 6.45) is -3.47. The summed E-state index contributed by atoms with van der Waals surface area (Å²) in [5.74, 6) is -0.0849. The van der Waals surface area contributed by atoms with Gasteiger partial charge in [-0.15, -0.1) is 0 Å². The summed E-state index contributed by atoms with van der Waals surface area (Å²) >= 11 is 0. The monoisotopic (exact) mass is 314 g/mol. The van der Waals surface area contributed by atoms with Crippen LogP contribution in [0.1, 0.15) is 27.9 Å². The molecule has 1 heterocycles. The Morgan fingerprint density at radius 2 is 1.91 bits per heavy atom. The molecule has 1 aromatic rings. The molecule has 1 fully saturated rings. The van der Waals surface area contributed by atoms with Crippen LogP contribution in [0, 0.1) is 19.8 Å². The number of halogens is 3. The maximum atomic E-state index is 12.3. The predicted molar refractivity (Wildman–Crippen MR) is 78.9 cm³/mol. The second-order valence-corrected chi connectivity index (χ2v) is 6.09. The van der Waals surface area contributed by atoms with Crippen LogP contribution >= 0.6 is 0 Å². The average molecular weight is 314 g/mol. The number of benzene rings is 1. The Kier molecular flexibility index (Phi) is 5.11. The number of carbonyl (C=O) groups excluding carboxylic acids is 1. The van der Waals surface area contributed by atoms with Gasteiger partial charge in [-0.2, -0.15) is 13.2 Å². The minimum Gasteiger partial charge on any atom is -0.352 e. The van der Waals surface area contributed by atoms with Gasteiger partial charge in [0.15, 0.2) is 0 Å². The first-order valence-electron chi connectivity index (χ1n) is 7.38. The van der Waals surface area contributed by atoms with E-state index in [1.54, 1.807) is 0 Å². The number of nitrogens with zero attached hydrogens (tertiary/aromatic N) is 1. The largest absolute Gasteiger partial charge is 0.401 e. The van der Waals surface area contributed by atoms with Crippen molar-refractivity contribution in [2.45, 2.75) is 26.4 Å². The lowest BCUT2D eigenvalue weighted by atomic mass is 10.1. The Bertz CT molecular complexity index is 522. The molecule has 1 aliphatic rings. The minimum atomic E-state index is -4.16. The van der Waals surface area contributed by atoms with Gasteiger partial charge in [0.25, 0.3) is 5.91 Å². The maximum absolute atomic E-state index is 12.3. The number of hydrogen-bond donors (Lipinski definition) is 1. The number of carbonyl (C=O) groups is 1. The predicted octanol–water partition coefficient (Wildman–Crippen LogP) is 2.92. The number of hydrogen-bond acceptors (Lipinski definition) is 2. The summed E-state index contributed by atoms with van der Waals surface area (Å²) in [5.41, 5.74) is 2.63. The normalized spacial score (nSPS) is 19.4. The second-order valence-electron chi connectivity index (χ2n) is 6.09. The fraction of sp³-hybridized carbons (Fsp3) is 0.562. The molecule has 0 bridgehead atoms. The van der Waals surface area contributed by atoms with Crippen molar-refractivity contribution in [1.82, 2.24) is 10.2 Å². The third-order valence-corrected chi connectivity index (χ3v) is 3.81. The molecule has 1 saturated heterocycles. The third kappa shape index (κ3) is 5.02. The highest BCUT2D eigenvalue weighted by Crippen LogP contribution is 2.22. The quantitative estimate of drug-likeness (QED) is 0.927. The molecule has 0 saturated carbocycles. The highest BCUT2D eigenvalue weighted by atomic mass is 19.4. The summed E-state index contributed by atoms with van der Waals surface area (Å²) in [5, 5.41) is 2.83. The van der Waals surface area contributed by atoms with Crippen LogP contribution < -0.4 is 5.32 Å². The van der Waals surface area contributed by atoms with Crippen molar-refractivity contribution in [2.75, 3.05) is 26.2 Å². The Morgan fingerprint density at radius 1 is 1.27 bits per heavy atom. The van der Waals surface area contributed by atoms with E-state index in [2.05, 4.69) is 5.32 Å². The topological polar surface area (TPSA) is 32.3 Å². The second kappa shape index (κ2) is 6.69. The van der Waals surface area contributed by atoms with E-state index in [0.29, 0.717) is 31.6 Å². The van der Waals surface area contributed by atoms with E-state index in [-0.39, 0.29) is 11.8 Å². The van der Waals surface area contributed by atoms with Crippen molar-refractivity contribution in [3.05, 3.63) is 34.9 Å². The lowest BCUT2D eigenvalue weighted by Gasteiger charge is -2.18. The van der Waals surface area contributed by atoms with Crippen molar-refractivity contribution in [1.29, 1.82) is 0 Å². The summed E-state index contributed by atoms with van der Waals surface area (Å²) in [7, 11) is 0. The van der Waals surface area contributed by atoms with Crippen LogP contribution in [0.25, 0.3) is 0 Å². The van der Waals surface area contributed by atoms with Gasteiger partial charge in [0.05, 0.1) is 6.54 Å². The first-order valence-corrected chi connectivity index (χ1v) is 7.38. The zero-order valence-corrected chi connectivity index (χ0v) is 12.8. The Morgan fingerprint density at radius 3 is 2.50 bits per heavy atom. The molecule has 6 heteroatoms. The zero-order chi connectivity index (χ0) is 16.3. The van der Waals surface area contributed by atoms with E-state index in [1.165, 1.54) is 4.90 Å². The van der Waals surface area contributed by atoms with Crippen LogP contribution in [0.2, 0.25) is 0 Å². The molecule has 2 rings (SSSR count). The van der Waals surface area contributed by atoms with Crippen LogP contribution in [-0.2, 0) is 0 Å². The van der Waals surface area contributed by atoms with Crippen LogP contribution in [0.3, 0.4) is 0 Å². The zero-order valence-electron chi connectivity index (χ0n) is 12.8. The van der Waals surface area contributed by atoms with Gasteiger partial charge in [0, 0.05) is 18.7 Å². The molecule has 22 heavy (non-hydrogen) atoms. The first kappa shape index (κ1) is 16.8. The van der Waals surface area contributed by atoms with Gasteiger partial charge >= 0.3 is 6.18 Å². The molecule has 0 radical (unpaired) electrons. The van der Waals surface area contributed by atoms with Crippen molar-refractivity contribution >= 4 is 5.91 Å². The lowest BCUT2D eigenvalue weighted by Crippen LogP contribution is -2.34. The molecule has 0 unspecified atom stereocenters. The van der Waals surface area contributed by atoms with Gasteiger partial charge in [0.2, 0.25) is 0 Å². The van der Waals surface area contributed by atoms with Crippen molar-refractivity contribution < 1.29 is 18.0 Å². The molecule has 3 nitrogen and oxygen atoms in total. The van der Waals surface area contributed by atoms with Gasteiger partial charge in [-0.25, -0.2) is 0 Å². The molecule has 0 aliphatic carbocycles. The van der Waals surface area contributed by atoms with Crippen LogP contribution in [0.15, 0.2) is 18.2 Å². The highest BCUT2D eigenvalue weighted by Gasteiger charge is 2.34. The van der Waals surface area contributed by atoms with Gasteiger partial charge < -0.3 is 5.32 Å². The fourth-order valence-corrected chi connectivity index (χ4v) is 2.92. The average Bonchev–Trinajstić information content (AvgIpc) is 2.80. The summed E-state index contributed by atoms with van der Waals surface area (Å²) in [6.45, 7) is 4.22. The molecule has 0 aromatic heterocycles. The number of nitrogens with one attached hydrogen (secondary N) is 1. The van der Waals surface area contributed by atoms with Gasteiger partial charge in [0.1, 0.15) is 0 Å². The minimum absolute atomic E-state index is 0.0807. The van der Waals surface area contributed by atoms with Crippen LogP contribution in [0.4, 0.5) is 13.2 Å². The summed E-state index contributed by atoms with van der Waals surface area (Å²) < 4.78 is 37.0. The Balaban J connectivity index is 1.82. The van der Waals surface area contributed by atoms with E-state index in [1.807, 2.05) is 32.0 Å². The van der Waals surface area contributed by atoms with E-state index in [9.17, 15) is 18.0 Å². The standard InChI is InChI=1S/C16H21F3N2O/c1-11-5-12(2)7-14(6-11)15(22)20-8-13-3-4-21(9-13)10-16(17,18)19/h5-7,13H,3-4,8-10H2,1-2H3,(H,20,22)/t13-/m0/s1. The van der Waals surface area contributed by atoms with Crippen LogP contribution in [-0.4, -0.2) is 43.2 Å². The van der Waals surface area contributed by atoms with Gasteiger partial charge in [-0.05, 0) is 44.9 Å². The highest BCUT2D eigenvalue weighted by molar-refractivity contribution is 5.94. The van der Waals surface area contributed by atoms with Crippen molar-refractivity contribution in [3.8, 4) is 0 Å². The molecule has 1 aromatic carbocycles. The fourth-order valence-electron chi connectivity index (χ4n) is 2.92. The van der Waals surface area contributed by atoms with Gasteiger partial charge in [-0.3, -0.25) is 9.69 Å². The summed E-state index contributed by atoms with van der Waals surface area (Å²) in [4.78, 5) is 13.5. The Hall–Kier alpha value is -1.56. The van der Waals surface area contributed by atoms with E-state index in [4.69, 9.17) is 0 Å². The lowest BCUT2D eigenvalue weighted by molar-refractivity contribution is -0.143. The van der Waals surface area contributed by atoms with Crippen molar-refractivity contribution in [3.63, 3.8) is 0 Å². The first-order chi connectivity index (χ1) is 10.2. The molecular weight excluding hydrogens is 293 g/mol. The number of rotatable bonds is 4.